The first kappa shape index (κ1) is 22.7. The Morgan fingerprint density at radius 1 is 0.793 bits per heavy atom. The molecule has 0 aliphatic carbocycles. The summed E-state index contributed by atoms with van der Waals surface area (Å²) in [4.78, 5) is 10.9. The van der Waals surface area contributed by atoms with Gasteiger partial charge in [-0.2, -0.15) is 0 Å². The molecule has 11 atom stereocenters. The van der Waals surface area contributed by atoms with Crippen molar-refractivity contribution in [2.45, 2.75) is 67.1 Å². The van der Waals surface area contributed by atoms with Crippen LogP contribution < -0.4 is 0 Å². The van der Waals surface area contributed by atoms with Crippen molar-refractivity contribution in [1.82, 2.24) is 0 Å². The fraction of sp³-hybridized carbons (Fsp3) is 0.938. The van der Waals surface area contributed by atoms with Gasteiger partial charge in [0.1, 0.15) is 80.5 Å². The van der Waals surface area contributed by atoms with E-state index in [-0.39, 0.29) is 6.79 Å². The second kappa shape index (κ2) is 9.45. The summed E-state index contributed by atoms with van der Waals surface area (Å²) in [6.45, 7) is -2.35. The predicted molar refractivity (Wildman–Crippen MR) is 87.5 cm³/mol. The molecule has 3 aliphatic heterocycles. The molecule has 3 heterocycles. The van der Waals surface area contributed by atoms with Crippen LogP contribution in [0.15, 0.2) is 0 Å². The largest absolute Gasteiger partial charge is 0.480 e. The quantitative estimate of drug-likeness (QED) is 0.213. The van der Waals surface area contributed by atoms with E-state index in [0.717, 1.165) is 0 Å². The van der Waals surface area contributed by atoms with Crippen molar-refractivity contribution in [2.24, 2.45) is 0 Å². The first-order valence-electron chi connectivity index (χ1n) is 9.11. The van der Waals surface area contributed by atoms with Crippen LogP contribution in [-0.2, 0) is 28.5 Å². The Labute approximate surface area is 164 Å². The zero-order valence-corrected chi connectivity index (χ0v) is 15.3. The molecule has 0 amide bonds. The van der Waals surface area contributed by atoms with Crippen LogP contribution >= 0.6 is 0 Å². The van der Waals surface area contributed by atoms with E-state index in [1.54, 1.807) is 0 Å². The van der Waals surface area contributed by atoms with Gasteiger partial charge >= 0.3 is 5.97 Å². The number of carboxylic acids is 1. The van der Waals surface area contributed by atoms with Crippen LogP contribution in [0, 0.1) is 0 Å². The number of carbonyl (C=O) groups is 1. The average Bonchev–Trinajstić information content (AvgIpc) is 2.70. The van der Waals surface area contributed by atoms with Crippen molar-refractivity contribution in [3.8, 4) is 0 Å². The highest BCUT2D eigenvalue weighted by atomic mass is 16.7. The van der Waals surface area contributed by atoms with Gasteiger partial charge in [-0.15, -0.1) is 0 Å². The molecule has 0 aromatic rings. The molecule has 13 heteroatoms. The van der Waals surface area contributed by atoms with E-state index in [2.05, 4.69) is 0 Å². The van der Waals surface area contributed by atoms with Crippen molar-refractivity contribution in [1.29, 1.82) is 0 Å². The molecule has 3 saturated heterocycles. The van der Waals surface area contributed by atoms with Gasteiger partial charge in [0.15, 0.2) is 0 Å². The number of aliphatic hydroxyl groups excluding tert-OH is 6. The van der Waals surface area contributed by atoms with E-state index in [9.17, 15) is 35.4 Å². The van der Waals surface area contributed by atoms with Crippen LogP contribution in [0.4, 0.5) is 0 Å². The summed E-state index contributed by atoms with van der Waals surface area (Å²) in [5.41, 5.74) is 0. The molecule has 3 aliphatic rings. The maximum absolute atomic E-state index is 10.9. The smallest absolute Gasteiger partial charge is 0.329 e. The Morgan fingerprint density at radius 3 is 2.00 bits per heavy atom. The van der Waals surface area contributed by atoms with Gasteiger partial charge in [0.2, 0.25) is 0 Å². The lowest BCUT2D eigenvalue weighted by Gasteiger charge is -2.52. The van der Waals surface area contributed by atoms with Gasteiger partial charge in [-0.1, -0.05) is 0 Å². The highest BCUT2D eigenvalue weighted by Crippen LogP contribution is 2.36. The molecule has 29 heavy (non-hydrogen) atoms. The van der Waals surface area contributed by atoms with Gasteiger partial charge in [-0.25, -0.2) is 4.79 Å². The van der Waals surface area contributed by atoms with Crippen LogP contribution in [0.2, 0.25) is 0 Å². The fourth-order valence-electron chi connectivity index (χ4n) is 3.89. The van der Waals surface area contributed by atoms with Crippen LogP contribution in [0.3, 0.4) is 0 Å². The molecule has 0 spiro atoms. The van der Waals surface area contributed by atoms with Gasteiger partial charge in [-0.3, -0.25) is 0 Å². The topological polar surface area (TPSA) is 205 Å². The fourth-order valence-corrected chi connectivity index (χ4v) is 3.89. The molecular formula is C16H26O13. The van der Waals surface area contributed by atoms with E-state index in [1.807, 2.05) is 0 Å². The predicted octanol–water partition coefficient (Wildman–Crippen LogP) is -4.84. The van der Waals surface area contributed by atoms with E-state index in [1.165, 1.54) is 0 Å². The lowest BCUT2D eigenvalue weighted by molar-refractivity contribution is -0.352. The molecule has 0 saturated carbocycles. The summed E-state index contributed by atoms with van der Waals surface area (Å²) in [6.07, 6.45) is -14.3. The van der Waals surface area contributed by atoms with Crippen LogP contribution in [-0.4, -0.2) is 135 Å². The second-order valence-electron chi connectivity index (χ2n) is 7.16. The molecule has 0 bridgehead atoms. The molecule has 3 rings (SSSR count). The third-order valence-electron chi connectivity index (χ3n) is 5.37. The number of rotatable bonds is 6. The molecule has 7 N–H and O–H groups in total. The van der Waals surface area contributed by atoms with E-state index >= 15 is 0 Å². The summed E-state index contributed by atoms with van der Waals surface area (Å²) in [5, 5.41) is 68.5. The number of hydrogen-bond donors (Lipinski definition) is 7. The first-order valence-corrected chi connectivity index (χ1v) is 9.11. The normalized spacial score (nSPS) is 48.1. The van der Waals surface area contributed by atoms with Gasteiger partial charge in [-0.05, 0) is 0 Å². The van der Waals surface area contributed by atoms with Crippen LogP contribution in [0.25, 0.3) is 0 Å². The summed E-state index contributed by atoms with van der Waals surface area (Å²) in [6, 6.07) is 0. The SMILES string of the molecule is O=C(O)CO[C@@H]1[C@@H](O)[C@@H](CO)O[C@H]2C([C@H]3O[C@H](CO)[C@@H](O)[C@H](O)[C@@H]3O)OCO[C@H]12. The van der Waals surface area contributed by atoms with Gasteiger partial charge in [0.25, 0.3) is 0 Å². The first-order chi connectivity index (χ1) is 13.8. The molecule has 3 fully saturated rings. The summed E-state index contributed by atoms with van der Waals surface area (Å²) >= 11 is 0. The number of carboxylic acid groups (broad SMARTS) is 1. The number of ether oxygens (including phenoxy) is 5. The summed E-state index contributed by atoms with van der Waals surface area (Å²) in [5.74, 6) is -1.28. The maximum atomic E-state index is 10.9. The summed E-state index contributed by atoms with van der Waals surface area (Å²) in [7, 11) is 0. The van der Waals surface area contributed by atoms with Gasteiger partial charge in [0, 0.05) is 0 Å². The standard InChI is InChI=1S/C16H26O13/c17-1-5-8(21)10(23)11(24)13(28-5)15-16-14(26-4-27-15)12(25-3-7(19)20)9(22)6(2-18)29-16/h5-6,8-18,21-24H,1-4H2,(H,19,20)/t5-,6-,8-,9+,10+,11+,12-,13+,14-,15?,16-/m1/s1. The molecule has 0 aromatic heterocycles. The Morgan fingerprint density at radius 2 is 1.38 bits per heavy atom. The second-order valence-corrected chi connectivity index (χ2v) is 7.16. The molecule has 0 radical (unpaired) electrons. The lowest BCUT2D eigenvalue weighted by Crippen LogP contribution is -2.71. The number of aliphatic hydroxyl groups is 6. The van der Waals surface area contributed by atoms with E-state index in [4.69, 9.17) is 28.8 Å². The van der Waals surface area contributed by atoms with Gasteiger partial charge in [0.05, 0.1) is 13.2 Å². The molecule has 1 unspecified atom stereocenters. The number of aliphatic carboxylic acids is 1. The molecular weight excluding hydrogens is 400 g/mol. The zero-order valence-electron chi connectivity index (χ0n) is 15.3. The minimum Gasteiger partial charge on any atom is -0.480 e. The van der Waals surface area contributed by atoms with E-state index < -0.39 is 92.9 Å². The Bertz CT molecular complexity index is 559. The van der Waals surface area contributed by atoms with E-state index in [0.29, 0.717) is 0 Å². The number of hydrogen-bond acceptors (Lipinski definition) is 12. The van der Waals surface area contributed by atoms with Crippen LogP contribution in [0.5, 0.6) is 0 Å². The Balaban J connectivity index is 1.84. The lowest BCUT2D eigenvalue weighted by atomic mass is 9.85. The summed E-state index contributed by atoms with van der Waals surface area (Å²) < 4.78 is 27.4. The van der Waals surface area contributed by atoms with Gasteiger partial charge < -0.3 is 59.4 Å². The van der Waals surface area contributed by atoms with Crippen molar-refractivity contribution in [2.75, 3.05) is 26.6 Å². The molecule has 13 nitrogen and oxygen atoms in total. The van der Waals surface area contributed by atoms with Crippen molar-refractivity contribution in [3.05, 3.63) is 0 Å². The number of fused-ring (bicyclic) bond motifs is 1. The van der Waals surface area contributed by atoms with Crippen molar-refractivity contribution in [3.63, 3.8) is 0 Å². The Kier molecular flexibility index (Phi) is 7.40. The van der Waals surface area contributed by atoms with Crippen LogP contribution in [0.1, 0.15) is 0 Å². The van der Waals surface area contributed by atoms with Crippen molar-refractivity contribution >= 4 is 5.97 Å². The zero-order chi connectivity index (χ0) is 21.3. The highest BCUT2D eigenvalue weighted by Gasteiger charge is 2.57. The third-order valence-corrected chi connectivity index (χ3v) is 5.37. The Hall–Kier alpha value is -0.970. The van der Waals surface area contributed by atoms with Crippen molar-refractivity contribution < 1.29 is 64.2 Å². The third kappa shape index (κ3) is 4.40. The molecule has 0 aromatic carbocycles. The minimum absolute atomic E-state index is 0.354. The minimum atomic E-state index is -1.64. The average molecular weight is 426 g/mol. The molecule has 168 valence electrons. The highest BCUT2D eigenvalue weighted by molar-refractivity contribution is 5.68. The maximum Gasteiger partial charge on any atom is 0.329 e. The monoisotopic (exact) mass is 426 g/mol.